The summed E-state index contributed by atoms with van der Waals surface area (Å²) in [5.41, 5.74) is 8.80. The molecule has 4 N–H and O–H groups in total. The SMILES string of the molecule is COC(=O)c1ccc(CNc2ccc(C(N)=O)cc2C)[nH]1. The van der Waals surface area contributed by atoms with Crippen molar-refractivity contribution in [3.63, 3.8) is 0 Å². The Bertz CT molecular complexity index is 677. The molecular formula is C15H17N3O3. The minimum Gasteiger partial charge on any atom is -0.464 e. The standard InChI is InChI=1S/C15H17N3O3/c1-9-7-10(14(16)19)3-5-12(9)17-8-11-4-6-13(18-11)15(20)21-2/h3-7,17-18H,8H2,1-2H3,(H2,16,19). The Labute approximate surface area is 122 Å². The molecule has 2 aromatic rings. The van der Waals surface area contributed by atoms with Crippen LogP contribution in [0.1, 0.15) is 32.1 Å². The first kappa shape index (κ1) is 14.6. The minimum atomic E-state index is -0.447. The smallest absolute Gasteiger partial charge is 0.354 e. The average Bonchev–Trinajstić information content (AvgIpc) is 2.93. The van der Waals surface area contributed by atoms with Crippen LogP contribution in [0.4, 0.5) is 5.69 Å². The molecule has 0 unspecified atom stereocenters. The Kier molecular flexibility index (Phi) is 4.27. The lowest BCUT2D eigenvalue weighted by atomic mass is 10.1. The van der Waals surface area contributed by atoms with Gasteiger partial charge in [-0.05, 0) is 42.8 Å². The lowest BCUT2D eigenvalue weighted by molar-refractivity contribution is 0.0594. The summed E-state index contributed by atoms with van der Waals surface area (Å²) in [6, 6.07) is 8.70. The molecule has 0 spiro atoms. The largest absolute Gasteiger partial charge is 0.464 e. The molecule has 0 radical (unpaired) electrons. The molecule has 1 aromatic heterocycles. The van der Waals surface area contributed by atoms with Gasteiger partial charge in [0.2, 0.25) is 5.91 Å². The van der Waals surface area contributed by atoms with Gasteiger partial charge in [0.15, 0.2) is 0 Å². The van der Waals surface area contributed by atoms with E-state index in [1.807, 2.05) is 13.0 Å². The minimum absolute atomic E-state index is 0.400. The van der Waals surface area contributed by atoms with Gasteiger partial charge in [0.1, 0.15) is 5.69 Å². The molecule has 0 saturated carbocycles. The molecule has 0 bridgehead atoms. The Balaban J connectivity index is 2.04. The zero-order valence-corrected chi connectivity index (χ0v) is 11.9. The van der Waals surface area contributed by atoms with Gasteiger partial charge in [-0.2, -0.15) is 0 Å². The van der Waals surface area contributed by atoms with Gasteiger partial charge in [0.05, 0.1) is 13.7 Å². The van der Waals surface area contributed by atoms with Crippen molar-refractivity contribution in [1.29, 1.82) is 0 Å². The summed E-state index contributed by atoms with van der Waals surface area (Å²) in [5.74, 6) is -0.847. The number of benzene rings is 1. The Morgan fingerprint density at radius 1 is 1.29 bits per heavy atom. The summed E-state index contributed by atoms with van der Waals surface area (Å²) < 4.78 is 4.63. The van der Waals surface area contributed by atoms with E-state index in [4.69, 9.17) is 5.73 Å². The van der Waals surface area contributed by atoms with Crippen molar-refractivity contribution in [2.45, 2.75) is 13.5 Å². The molecule has 110 valence electrons. The predicted octanol–water partition coefficient (Wildman–Crippen LogP) is 1.82. The summed E-state index contributed by atoms with van der Waals surface area (Å²) >= 11 is 0. The van der Waals surface area contributed by atoms with Gasteiger partial charge in [0.25, 0.3) is 0 Å². The second kappa shape index (κ2) is 6.13. The number of methoxy groups -OCH3 is 1. The normalized spacial score (nSPS) is 10.2. The third-order valence-corrected chi connectivity index (χ3v) is 3.13. The number of nitrogens with two attached hydrogens (primary N) is 1. The Morgan fingerprint density at radius 3 is 2.67 bits per heavy atom. The van der Waals surface area contributed by atoms with E-state index in [0.717, 1.165) is 16.9 Å². The van der Waals surface area contributed by atoms with Crippen LogP contribution in [0.2, 0.25) is 0 Å². The number of carbonyl (C=O) groups excluding carboxylic acids is 2. The zero-order valence-electron chi connectivity index (χ0n) is 11.9. The fourth-order valence-electron chi connectivity index (χ4n) is 1.98. The third-order valence-electron chi connectivity index (χ3n) is 3.13. The molecule has 1 heterocycles. The number of carbonyl (C=O) groups is 2. The van der Waals surface area contributed by atoms with E-state index < -0.39 is 11.9 Å². The molecular weight excluding hydrogens is 270 g/mol. The molecule has 6 nitrogen and oxygen atoms in total. The van der Waals surface area contributed by atoms with Crippen molar-refractivity contribution in [3.05, 3.63) is 52.8 Å². The van der Waals surface area contributed by atoms with Crippen LogP contribution in [-0.4, -0.2) is 24.0 Å². The zero-order chi connectivity index (χ0) is 15.4. The van der Waals surface area contributed by atoms with E-state index in [9.17, 15) is 9.59 Å². The number of H-pyrrole nitrogens is 1. The van der Waals surface area contributed by atoms with Crippen LogP contribution in [0.3, 0.4) is 0 Å². The summed E-state index contributed by atoms with van der Waals surface area (Å²) in [6.07, 6.45) is 0. The average molecular weight is 287 g/mol. The topological polar surface area (TPSA) is 97.2 Å². The van der Waals surface area contributed by atoms with E-state index in [0.29, 0.717) is 17.8 Å². The monoisotopic (exact) mass is 287 g/mol. The Hall–Kier alpha value is -2.76. The number of esters is 1. The second-order valence-corrected chi connectivity index (χ2v) is 4.64. The molecule has 0 aliphatic carbocycles. The van der Waals surface area contributed by atoms with E-state index in [1.54, 1.807) is 24.3 Å². The van der Waals surface area contributed by atoms with Crippen molar-refractivity contribution in [1.82, 2.24) is 4.98 Å². The van der Waals surface area contributed by atoms with E-state index in [-0.39, 0.29) is 0 Å². The van der Waals surface area contributed by atoms with Gasteiger partial charge < -0.3 is 20.8 Å². The van der Waals surface area contributed by atoms with Crippen molar-refractivity contribution in [3.8, 4) is 0 Å². The van der Waals surface area contributed by atoms with Gasteiger partial charge in [-0.3, -0.25) is 4.79 Å². The first-order valence-corrected chi connectivity index (χ1v) is 6.42. The number of aromatic amines is 1. The maximum Gasteiger partial charge on any atom is 0.354 e. The lowest BCUT2D eigenvalue weighted by Crippen LogP contribution is -2.11. The molecule has 1 amide bonds. The predicted molar refractivity (Wildman–Crippen MR) is 79.2 cm³/mol. The van der Waals surface area contributed by atoms with Crippen LogP contribution >= 0.6 is 0 Å². The van der Waals surface area contributed by atoms with Crippen LogP contribution in [0.15, 0.2) is 30.3 Å². The van der Waals surface area contributed by atoms with E-state index in [2.05, 4.69) is 15.0 Å². The number of rotatable bonds is 5. The Morgan fingerprint density at radius 2 is 2.05 bits per heavy atom. The second-order valence-electron chi connectivity index (χ2n) is 4.64. The lowest BCUT2D eigenvalue weighted by Gasteiger charge is -2.09. The summed E-state index contributed by atoms with van der Waals surface area (Å²) in [4.78, 5) is 25.4. The van der Waals surface area contributed by atoms with Crippen LogP contribution in [-0.2, 0) is 11.3 Å². The highest BCUT2D eigenvalue weighted by Crippen LogP contribution is 2.17. The van der Waals surface area contributed by atoms with Crippen LogP contribution in [0.5, 0.6) is 0 Å². The molecule has 1 aromatic carbocycles. The molecule has 0 atom stereocenters. The fourth-order valence-corrected chi connectivity index (χ4v) is 1.98. The van der Waals surface area contributed by atoms with Gasteiger partial charge in [-0.1, -0.05) is 0 Å². The van der Waals surface area contributed by atoms with Crippen LogP contribution < -0.4 is 11.1 Å². The number of primary amides is 1. The molecule has 0 saturated heterocycles. The van der Waals surface area contributed by atoms with Crippen LogP contribution in [0.25, 0.3) is 0 Å². The van der Waals surface area contributed by atoms with E-state index in [1.165, 1.54) is 7.11 Å². The van der Waals surface area contributed by atoms with Crippen molar-refractivity contribution < 1.29 is 14.3 Å². The summed E-state index contributed by atoms with van der Waals surface area (Å²) in [6.45, 7) is 2.41. The highest BCUT2D eigenvalue weighted by molar-refractivity contribution is 5.93. The number of amides is 1. The molecule has 0 fully saturated rings. The maximum atomic E-state index is 11.3. The highest BCUT2D eigenvalue weighted by Gasteiger charge is 2.08. The number of ether oxygens (including phenoxy) is 1. The number of hydrogen-bond acceptors (Lipinski definition) is 4. The van der Waals surface area contributed by atoms with E-state index >= 15 is 0 Å². The number of aryl methyl sites for hydroxylation is 1. The quantitative estimate of drug-likeness (QED) is 0.731. The van der Waals surface area contributed by atoms with Gasteiger partial charge in [-0.15, -0.1) is 0 Å². The number of nitrogens with one attached hydrogen (secondary N) is 2. The van der Waals surface area contributed by atoms with Crippen molar-refractivity contribution >= 4 is 17.6 Å². The molecule has 2 rings (SSSR count). The first-order chi connectivity index (χ1) is 10.0. The number of aromatic nitrogens is 1. The number of anilines is 1. The molecule has 0 aliphatic heterocycles. The highest BCUT2D eigenvalue weighted by atomic mass is 16.5. The van der Waals surface area contributed by atoms with Crippen molar-refractivity contribution in [2.75, 3.05) is 12.4 Å². The fraction of sp³-hybridized carbons (Fsp3) is 0.200. The summed E-state index contributed by atoms with van der Waals surface area (Å²) in [7, 11) is 1.34. The van der Waals surface area contributed by atoms with Gasteiger partial charge in [0, 0.05) is 16.9 Å². The molecule has 6 heteroatoms. The number of hydrogen-bond donors (Lipinski definition) is 3. The maximum absolute atomic E-state index is 11.3. The third kappa shape index (κ3) is 3.42. The van der Waals surface area contributed by atoms with Gasteiger partial charge in [-0.25, -0.2) is 4.79 Å². The molecule has 0 aliphatic rings. The van der Waals surface area contributed by atoms with Crippen molar-refractivity contribution in [2.24, 2.45) is 5.73 Å². The molecule has 21 heavy (non-hydrogen) atoms. The van der Waals surface area contributed by atoms with Crippen LogP contribution in [0, 0.1) is 6.92 Å². The summed E-state index contributed by atoms with van der Waals surface area (Å²) in [5, 5.41) is 3.23. The van der Waals surface area contributed by atoms with Gasteiger partial charge >= 0.3 is 5.97 Å². The first-order valence-electron chi connectivity index (χ1n) is 6.42.